The van der Waals surface area contributed by atoms with Crippen LogP contribution in [0.5, 0.6) is 5.75 Å². The summed E-state index contributed by atoms with van der Waals surface area (Å²) in [6, 6.07) is 13.3. The van der Waals surface area contributed by atoms with Crippen LogP contribution in [0.15, 0.2) is 82.3 Å². The first-order chi connectivity index (χ1) is 12.0. The van der Waals surface area contributed by atoms with Crippen LogP contribution in [-0.4, -0.2) is 21.6 Å². The molecule has 0 fully saturated rings. The van der Waals surface area contributed by atoms with Crippen LogP contribution in [0.2, 0.25) is 0 Å². The number of hydrogen-bond acceptors (Lipinski definition) is 4. The van der Waals surface area contributed by atoms with Gasteiger partial charge in [0.25, 0.3) is 0 Å². The molecule has 2 aromatic rings. The van der Waals surface area contributed by atoms with Crippen LogP contribution in [0.25, 0.3) is 0 Å². The predicted molar refractivity (Wildman–Crippen MR) is 96.3 cm³/mol. The van der Waals surface area contributed by atoms with Gasteiger partial charge in [-0.1, -0.05) is 23.8 Å². The highest BCUT2D eigenvalue weighted by Crippen LogP contribution is 2.25. The van der Waals surface area contributed by atoms with Crippen LogP contribution in [0.3, 0.4) is 0 Å². The molecule has 3 rings (SSSR count). The lowest BCUT2D eigenvalue weighted by atomic mass is 10.1. The Morgan fingerprint density at radius 3 is 2.08 bits per heavy atom. The maximum atomic E-state index is 12.6. The average Bonchev–Trinajstić information content (AvgIpc) is 2.63. The van der Waals surface area contributed by atoms with Crippen molar-refractivity contribution in [2.75, 3.05) is 7.11 Å². The second kappa shape index (κ2) is 7.25. The minimum atomic E-state index is -3.52. The van der Waals surface area contributed by atoms with Gasteiger partial charge in [0, 0.05) is 7.11 Å². The van der Waals surface area contributed by atoms with Gasteiger partial charge in [-0.05, 0) is 61.9 Å². The Kier molecular flexibility index (Phi) is 5.06. The van der Waals surface area contributed by atoms with E-state index in [1.165, 1.54) is 0 Å². The predicted octanol–water partition coefficient (Wildman–Crippen LogP) is 4.07. The molecule has 130 valence electrons. The molecule has 0 saturated carbocycles. The van der Waals surface area contributed by atoms with Gasteiger partial charge in [0.15, 0.2) is 0 Å². The first-order valence-corrected chi connectivity index (χ1v) is 9.48. The van der Waals surface area contributed by atoms with Gasteiger partial charge in [-0.25, -0.2) is 8.42 Å². The van der Waals surface area contributed by atoms with Crippen molar-refractivity contribution in [3.8, 4) is 5.75 Å². The smallest absolute Gasteiger partial charge is 0.206 e. The first-order valence-electron chi connectivity index (χ1n) is 8.00. The fourth-order valence-electron chi connectivity index (χ4n) is 2.51. The number of methoxy groups -OCH3 is 1. The molecule has 0 aliphatic heterocycles. The zero-order chi connectivity index (χ0) is 17.9. The minimum absolute atomic E-state index is 0.0781. The molecule has 5 heteroatoms. The highest BCUT2D eigenvalue weighted by atomic mass is 32.2. The van der Waals surface area contributed by atoms with Crippen LogP contribution in [0.1, 0.15) is 12.0 Å². The number of hydrogen-bond donors (Lipinski definition) is 0. The van der Waals surface area contributed by atoms with E-state index in [1.54, 1.807) is 55.6 Å². The molecule has 1 atom stereocenters. The fraction of sp³-hybridized carbons (Fsp3) is 0.200. The Morgan fingerprint density at radius 2 is 1.56 bits per heavy atom. The third-order valence-corrected chi connectivity index (χ3v) is 5.82. The molecule has 0 N–H and O–H groups in total. The summed E-state index contributed by atoms with van der Waals surface area (Å²) in [6.45, 7) is 1.92. The molecule has 0 spiro atoms. The second-order valence-corrected chi connectivity index (χ2v) is 7.82. The highest BCUT2D eigenvalue weighted by Gasteiger charge is 2.17. The molecule has 4 nitrogen and oxygen atoms in total. The summed E-state index contributed by atoms with van der Waals surface area (Å²) in [5.74, 6) is 1.32. The van der Waals surface area contributed by atoms with E-state index in [2.05, 4.69) is 0 Å². The van der Waals surface area contributed by atoms with Crippen LogP contribution in [0.4, 0.5) is 0 Å². The van der Waals surface area contributed by atoms with Crippen LogP contribution in [-0.2, 0) is 14.6 Å². The quantitative estimate of drug-likeness (QED) is 0.810. The molecule has 1 aliphatic rings. The Hall–Kier alpha value is -2.37. The summed E-state index contributed by atoms with van der Waals surface area (Å²) in [7, 11) is -1.85. The van der Waals surface area contributed by atoms with Crippen molar-refractivity contribution in [1.82, 2.24) is 0 Å². The molecule has 0 heterocycles. The van der Waals surface area contributed by atoms with Crippen molar-refractivity contribution < 1.29 is 17.9 Å². The summed E-state index contributed by atoms with van der Waals surface area (Å²) in [4.78, 5) is 0.534. The van der Waals surface area contributed by atoms with E-state index in [1.807, 2.05) is 25.2 Å². The Balaban J connectivity index is 1.75. The molecule has 25 heavy (non-hydrogen) atoms. The summed E-state index contributed by atoms with van der Waals surface area (Å²) < 4.78 is 36.3. The van der Waals surface area contributed by atoms with Crippen molar-refractivity contribution in [2.45, 2.75) is 29.2 Å². The molecule has 0 amide bonds. The van der Waals surface area contributed by atoms with Crippen LogP contribution >= 0.6 is 0 Å². The van der Waals surface area contributed by atoms with Gasteiger partial charge in [-0.2, -0.15) is 0 Å². The molecule has 1 aliphatic carbocycles. The van der Waals surface area contributed by atoms with Crippen molar-refractivity contribution >= 4 is 9.84 Å². The van der Waals surface area contributed by atoms with Gasteiger partial charge < -0.3 is 9.47 Å². The molecule has 0 aromatic heterocycles. The van der Waals surface area contributed by atoms with Gasteiger partial charge in [0.1, 0.15) is 11.5 Å². The van der Waals surface area contributed by atoms with Crippen molar-refractivity contribution in [1.29, 1.82) is 0 Å². The number of benzene rings is 2. The van der Waals surface area contributed by atoms with Crippen LogP contribution in [0, 0.1) is 6.92 Å². The minimum Gasteiger partial charge on any atom is -0.458 e. The monoisotopic (exact) mass is 356 g/mol. The number of sulfone groups is 1. The van der Waals surface area contributed by atoms with E-state index in [9.17, 15) is 8.42 Å². The standard InChI is InChI=1S/C20H20O4S/c1-15-3-11-19(12-4-15)25(21,22)20-13-9-18(10-14-20)24-17-7-5-16(23-2)6-8-17/h3-5,7-14,16H,6H2,1-2H3. The lowest BCUT2D eigenvalue weighted by Gasteiger charge is -2.15. The Labute approximate surface area is 148 Å². The molecule has 2 aromatic carbocycles. The van der Waals surface area contributed by atoms with Crippen molar-refractivity contribution in [2.24, 2.45) is 0 Å². The zero-order valence-electron chi connectivity index (χ0n) is 14.2. The summed E-state index contributed by atoms with van der Waals surface area (Å²) in [6.07, 6.45) is 6.57. The maximum Gasteiger partial charge on any atom is 0.206 e. The second-order valence-electron chi connectivity index (χ2n) is 5.87. The highest BCUT2D eigenvalue weighted by molar-refractivity contribution is 7.91. The van der Waals surface area contributed by atoms with E-state index in [-0.39, 0.29) is 15.9 Å². The summed E-state index contributed by atoms with van der Waals surface area (Å²) in [5.41, 5.74) is 1.02. The maximum absolute atomic E-state index is 12.6. The van der Waals surface area contributed by atoms with E-state index in [0.29, 0.717) is 5.75 Å². The first kappa shape index (κ1) is 17.5. The van der Waals surface area contributed by atoms with Gasteiger partial charge in [0.05, 0.1) is 15.9 Å². The Bertz CT molecular complexity index is 892. The van der Waals surface area contributed by atoms with Gasteiger partial charge in [-0.15, -0.1) is 0 Å². The topological polar surface area (TPSA) is 52.6 Å². The van der Waals surface area contributed by atoms with E-state index >= 15 is 0 Å². The van der Waals surface area contributed by atoms with Crippen LogP contribution < -0.4 is 4.74 Å². The largest absolute Gasteiger partial charge is 0.458 e. The van der Waals surface area contributed by atoms with E-state index in [4.69, 9.17) is 9.47 Å². The zero-order valence-corrected chi connectivity index (χ0v) is 15.0. The molecular weight excluding hydrogens is 336 g/mol. The van der Waals surface area contributed by atoms with E-state index in [0.717, 1.165) is 17.7 Å². The molecule has 1 unspecified atom stereocenters. The molecular formula is C20H20O4S. The average molecular weight is 356 g/mol. The third kappa shape index (κ3) is 4.00. The lowest BCUT2D eigenvalue weighted by Crippen LogP contribution is -2.10. The molecule has 0 saturated heterocycles. The molecule has 0 bridgehead atoms. The van der Waals surface area contributed by atoms with E-state index < -0.39 is 9.84 Å². The van der Waals surface area contributed by atoms with Gasteiger partial charge in [-0.3, -0.25) is 0 Å². The number of aryl methyl sites for hydroxylation is 1. The fourth-order valence-corrected chi connectivity index (χ4v) is 3.77. The van der Waals surface area contributed by atoms with Gasteiger partial charge in [0.2, 0.25) is 9.84 Å². The van der Waals surface area contributed by atoms with Gasteiger partial charge >= 0.3 is 0 Å². The number of allylic oxidation sites excluding steroid dienone is 1. The van der Waals surface area contributed by atoms with Crippen molar-refractivity contribution in [3.63, 3.8) is 0 Å². The lowest BCUT2D eigenvalue weighted by molar-refractivity contribution is 0.141. The summed E-state index contributed by atoms with van der Waals surface area (Å²) in [5, 5.41) is 0. The SMILES string of the molecule is COC1C=CC(Oc2ccc(S(=O)(=O)c3ccc(C)cc3)cc2)=CC1. The third-order valence-electron chi connectivity index (χ3n) is 4.03. The van der Waals surface area contributed by atoms with Crippen molar-refractivity contribution in [3.05, 3.63) is 78.1 Å². The summed E-state index contributed by atoms with van der Waals surface area (Å²) >= 11 is 0. The normalized spacial score (nSPS) is 17.2. The Morgan fingerprint density at radius 1 is 0.960 bits per heavy atom. The molecule has 0 radical (unpaired) electrons. The number of ether oxygens (including phenoxy) is 2. The number of rotatable bonds is 5.